The van der Waals surface area contributed by atoms with Crippen molar-refractivity contribution in [3.05, 3.63) is 65.2 Å². The lowest BCUT2D eigenvalue weighted by Gasteiger charge is -2.09. The monoisotopic (exact) mass is 384 g/mol. The molecule has 1 heterocycles. The van der Waals surface area contributed by atoms with Gasteiger partial charge in [-0.3, -0.25) is 4.79 Å². The Morgan fingerprint density at radius 3 is 2.15 bits per heavy atom. The average Bonchev–Trinajstić information content (AvgIpc) is 3.01. The molecule has 2 radical (unpaired) electrons. The molecule has 0 atom stereocenters. The van der Waals surface area contributed by atoms with E-state index in [9.17, 15) is 13.2 Å². The first-order valence-electron chi connectivity index (χ1n) is 8.51. The molecule has 2 aromatic rings. The number of rotatable bonds is 6. The minimum Gasteiger partial charge on any atom is -0.532 e. The summed E-state index contributed by atoms with van der Waals surface area (Å²) in [5.74, 6) is 0.523. The highest BCUT2D eigenvalue weighted by Crippen LogP contribution is 2.33. The molecule has 6 heteroatoms. The fourth-order valence-corrected chi connectivity index (χ4v) is 4.25. The Morgan fingerprint density at radius 1 is 0.962 bits per heavy atom. The highest BCUT2D eigenvalue weighted by molar-refractivity contribution is 7.90. The third-order valence-corrected chi connectivity index (χ3v) is 6.18. The molecule has 1 aliphatic rings. The molecule has 26 heavy (non-hydrogen) atoms. The van der Waals surface area contributed by atoms with Gasteiger partial charge in [0.2, 0.25) is 0 Å². The predicted octanol–water partition coefficient (Wildman–Crippen LogP) is 3.48. The first kappa shape index (κ1) is 18.6. The maximum Gasteiger partial charge on any atom is 0.401 e. The van der Waals surface area contributed by atoms with Gasteiger partial charge in [-0.1, -0.05) is 37.6 Å². The smallest absolute Gasteiger partial charge is 0.401 e. The SMILES string of the molecule is CCCCc1ccc(C2=C(c3ccc(S(C)(=O)=O)cc3)O[Si]C2=O)cc1. The van der Waals surface area contributed by atoms with Gasteiger partial charge >= 0.3 is 9.76 Å². The van der Waals surface area contributed by atoms with E-state index in [0.29, 0.717) is 16.9 Å². The minimum absolute atomic E-state index is 0.0338. The van der Waals surface area contributed by atoms with Gasteiger partial charge in [0.1, 0.15) is 5.76 Å². The molecule has 0 aromatic heterocycles. The van der Waals surface area contributed by atoms with Crippen LogP contribution in [0.5, 0.6) is 0 Å². The number of unbranched alkanes of at least 4 members (excludes halogenated alkanes) is 1. The summed E-state index contributed by atoms with van der Waals surface area (Å²) in [6.45, 7) is 2.16. The van der Waals surface area contributed by atoms with Gasteiger partial charge in [-0.05, 0) is 48.2 Å². The highest BCUT2D eigenvalue weighted by Gasteiger charge is 2.29. The number of hydrogen-bond donors (Lipinski definition) is 0. The van der Waals surface area contributed by atoms with E-state index in [1.807, 2.05) is 12.1 Å². The van der Waals surface area contributed by atoms with E-state index < -0.39 is 9.84 Å². The molecule has 0 spiro atoms. The second-order valence-corrected chi connectivity index (χ2v) is 9.21. The normalized spacial score (nSPS) is 14.6. The molecular weight excluding hydrogens is 364 g/mol. The zero-order valence-electron chi connectivity index (χ0n) is 14.8. The fraction of sp³-hybridized carbons (Fsp3) is 0.250. The summed E-state index contributed by atoms with van der Waals surface area (Å²) in [4.78, 5) is 12.6. The Morgan fingerprint density at radius 2 is 1.58 bits per heavy atom. The van der Waals surface area contributed by atoms with E-state index >= 15 is 0 Å². The summed E-state index contributed by atoms with van der Waals surface area (Å²) in [6.07, 6.45) is 4.49. The van der Waals surface area contributed by atoms with Crippen LogP contribution in [0.2, 0.25) is 0 Å². The summed E-state index contributed by atoms with van der Waals surface area (Å²) in [6, 6.07) is 14.5. The lowest BCUT2D eigenvalue weighted by atomic mass is 9.99. The summed E-state index contributed by atoms with van der Waals surface area (Å²) < 4.78 is 28.9. The van der Waals surface area contributed by atoms with Crippen molar-refractivity contribution in [2.45, 2.75) is 31.1 Å². The van der Waals surface area contributed by atoms with Crippen LogP contribution in [-0.4, -0.2) is 29.8 Å². The molecule has 0 aliphatic carbocycles. The number of benzene rings is 2. The number of aryl methyl sites for hydroxylation is 1. The van der Waals surface area contributed by atoms with Gasteiger partial charge in [-0.25, -0.2) is 8.42 Å². The van der Waals surface area contributed by atoms with Crippen molar-refractivity contribution in [2.75, 3.05) is 6.26 Å². The quantitative estimate of drug-likeness (QED) is 0.716. The van der Waals surface area contributed by atoms with Crippen LogP contribution in [0.25, 0.3) is 11.3 Å². The molecule has 0 unspecified atom stereocenters. The Bertz CT molecular complexity index is 942. The Labute approximate surface area is 156 Å². The number of allylic oxidation sites excluding steroid dienone is 1. The van der Waals surface area contributed by atoms with E-state index in [-0.39, 0.29) is 20.1 Å². The van der Waals surface area contributed by atoms with Crippen LogP contribution in [0.15, 0.2) is 53.4 Å². The van der Waals surface area contributed by atoms with E-state index in [1.54, 1.807) is 24.3 Å². The zero-order valence-corrected chi connectivity index (χ0v) is 16.6. The van der Waals surface area contributed by atoms with Gasteiger partial charge in [0.05, 0.1) is 10.5 Å². The van der Waals surface area contributed by atoms with Crippen molar-refractivity contribution in [3.63, 3.8) is 0 Å². The summed E-state index contributed by atoms with van der Waals surface area (Å²) >= 11 is 0. The summed E-state index contributed by atoms with van der Waals surface area (Å²) in [5, 5.41) is -0.0338. The third-order valence-electron chi connectivity index (χ3n) is 4.31. The Kier molecular flexibility index (Phi) is 5.43. The summed E-state index contributed by atoms with van der Waals surface area (Å²) in [7, 11) is -3.51. The van der Waals surface area contributed by atoms with Crippen molar-refractivity contribution < 1.29 is 17.6 Å². The van der Waals surface area contributed by atoms with Gasteiger partial charge in [0.25, 0.3) is 0 Å². The van der Waals surface area contributed by atoms with Gasteiger partial charge in [-0.2, -0.15) is 0 Å². The van der Waals surface area contributed by atoms with Gasteiger partial charge in [-0.15, -0.1) is 0 Å². The van der Waals surface area contributed by atoms with Crippen molar-refractivity contribution in [1.29, 1.82) is 0 Å². The van der Waals surface area contributed by atoms with Crippen LogP contribution in [0.1, 0.15) is 36.5 Å². The minimum atomic E-state index is -3.25. The average molecular weight is 385 g/mol. The fourth-order valence-electron chi connectivity index (χ4n) is 2.84. The number of carbonyl (C=O) groups excluding carboxylic acids is 1. The first-order valence-corrected chi connectivity index (χ1v) is 11.3. The maximum atomic E-state index is 12.4. The van der Waals surface area contributed by atoms with Crippen molar-refractivity contribution in [2.24, 2.45) is 0 Å². The van der Waals surface area contributed by atoms with Crippen LogP contribution in [0.3, 0.4) is 0 Å². The lowest BCUT2D eigenvalue weighted by molar-refractivity contribution is -0.107. The molecule has 1 aliphatic heterocycles. The first-order chi connectivity index (χ1) is 12.4. The molecule has 134 valence electrons. The van der Waals surface area contributed by atoms with E-state index in [4.69, 9.17) is 4.43 Å². The summed E-state index contributed by atoms with van der Waals surface area (Å²) in [5.41, 5.74) is 3.37. The van der Waals surface area contributed by atoms with E-state index in [0.717, 1.165) is 24.8 Å². The molecule has 0 fully saturated rings. The predicted molar refractivity (Wildman–Crippen MR) is 103 cm³/mol. The maximum absolute atomic E-state index is 12.4. The van der Waals surface area contributed by atoms with Crippen molar-refractivity contribution in [1.82, 2.24) is 0 Å². The van der Waals surface area contributed by atoms with Crippen molar-refractivity contribution >= 4 is 36.3 Å². The Hall–Kier alpha value is -2.18. The largest absolute Gasteiger partial charge is 0.532 e. The number of hydrogen-bond acceptors (Lipinski definition) is 4. The molecule has 0 saturated carbocycles. The van der Waals surface area contributed by atoms with Crippen LogP contribution in [0, 0.1) is 0 Å². The number of sulfone groups is 1. The van der Waals surface area contributed by atoms with Crippen molar-refractivity contribution in [3.8, 4) is 0 Å². The van der Waals surface area contributed by atoms with Gasteiger partial charge < -0.3 is 4.43 Å². The second kappa shape index (κ2) is 7.59. The number of carbonyl (C=O) groups is 1. The highest BCUT2D eigenvalue weighted by atomic mass is 32.2. The topological polar surface area (TPSA) is 60.4 Å². The van der Waals surface area contributed by atoms with Gasteiger partial charge in [0, 0.05) is 11.8 Å². The molecule has 0 saturated heterocycles. The van der Waals surface area contributed by atoms with Crippen LogP contribution < -0.4 is 0 Å². The molecule has 0 bridgehead atoms. The van der Waals surface area contributed by atoms with E-state index in [2.05, 4.69) is 19.1 Å². The molecule has 0 N–H and O–H groups in total. The Balaban J connectivity index is 1.96. The second-order valence-electron chi connectivity index (χ2n) is 6.33. The molecular formula is C20H20O4SSi. The standard InChI is InChI=1S/C20H20O4SSi/c1-3-4-5-14-6-8-15(9-7-14)18-19(24-26-20(18)21)16-10-12-17(13-11-16)25(2,22)23/h6-13H,3-5H2,1-2H3. The molecule has 3 rings (SSSR count). The lowest BCUT2D eigenvalue weighted by Crippen LogP contribution is -2.04. The van der Waals surface area contributed by atoms with Crippen LogP contribution >= 0.6 is 0 Å². The van der Waals surface area contributed by atoms with Crippen LogP contribution in [0.4, 0.5) is 0 Å². The molecule has 0 amide bonds. The van der Waals surface area contributed by atoms with Crippen LogP contribution in [-0.2, 0) is 25.5 Å². The zero-order chi connectivity index (χ0) is 18.7. The van der Waals surface area contributed by atoms with Gasteiger partial charge in [0.15, 0.2) is 15.2 Å². The molecule has 2 aromatic carbocycles. The molecule has 4 nitrogen and oxygen atoms in total. The third kappa shape index (κ3) is 3.97. The van der Waals surface area contributed by atoms with E-state index in [1.165, 1.54) is 11.8 Å².